The van der Waals surface area contributed by atoms with Crippen molar-refractivity contribution in [2.24, 2.45) is 11.8 Å². The van der Waals surface area contributed by atoms with E-state index < -0.39 is 16.6 Å². The van der Waals surface area contributed by atoms with Gasteiger partial charge in [0, 0.05) is 62.7 Å². The molecule has 43 heavy (non-hydrogen) atoms. The van der Waals surface area contributed by atoms with Crippen molar-refractivity contribution in [1.82, 2.24) is 14.7 Å². The van der Waals surface area contributed by atoms with Crippen molar-refractivity contribution < 1.29 is 24.4 Å². The van der Waals surface area contributed by atoms with Gasteiger partial charge in [0.05, 0.1) is 11.5 Å². The molecule has 0 radical (unpaired) electrons. The molecule has 3 fully saturated rings. The Labute approximate surface area is 253 Å². The van der Waals surface area contributed by atoms with Crippen molar-refractivity contribution >= 4 is 17.7 Å². The van der Waals surface area contributed by atoms with Gasteiger partial charge in [0.2, 0.25) is 5.91 Å². The SMILES string of the molecule is C=CCN(C(=O)OCc1ccc([N+](=O)[O-])cc1)C1CCN(CC2CN(C(=O)C3CCCC3)CC2(O)c2ccccc2)CC1. The molecule has 2 aromatic rings. The maximum atomic E-state index is 13.4. The number of carbonyl (C=O) groups is 2. The Balaban J connectivity index is 1.19. The maximum Gasteiger partial charge on any atom is 0.410 e. The standard InChI is InChI=1S/C33H42N4O6/c1-2-18-36(32(39)43-23-25-12-14-30(15-13-25)37(41)42)29-16-19-34(20-17-29)21-28-22-35(31(38)26-8-6-7-9-26)24-33(28,40)27-10-4-3-5-11-27/h2-5,10-15,26,28-29,40H,1,6-9,16-24H2. The van der Waals surface area contributed by atoms with Gasteiger partial charge in [-0.05, 0) is 48.9 Å². The summed E-state index contributed by atoms with van der Waals surface area (Å²) in [7, 11) is 0. The van der Waals surface area contributed by atoms with E-state index >= 15 is 0 Å². The predicted octanol–water partition coefficient (Wildman–Crippen LogP) is 4.72. The van der Waals surface area contributed by atoms with Gasteiger partial charge in [-0.3, -0.25) is 14.9 Å². The number of nitrogens with zero attached hydrogens (tertiary/aromatic N) is 4. The summed E-state index contributed by atoms with van der Waals surface area (Å²) in [5.41, 5.74) is 0.408. The van der Waals surface area contributed by atoms with Crippen molar-refractivity contribution in [2.75, 3.05) is 39.3 Å². The van der Waals surface area contributed by atoms with Gasteiger partial charge in [0.15, 0.2) is 0 Å². The van der Waals surface area contributed by atoms with Crippen molar-refractivity contribution in [3.05, 3.63) is 88.5 Å². The van der Waals surface area contributed by atoms with Gasteiger partial charge in [-0.25, -0.2) is 4.79 Å². The zero-order valence-electron chi connectivity index (χ0n) is 24.7. The molecule has 0 spiro atoms. The van der Waals surface area contributed by atoms with Crippen LogP contribution in [-0.2, 0) is 21.7 Å². The summed E-state index contributed by atoms with van der Waals surface area (Å²) in [6, 6.07) is 15.7. The fourth-order valence-electron chi connectivity index (χ4n) is 6.94. The molecule has 2 saturated heterocycles. The van der Waals surface area contributed by atoms with Crippen LogP contribution >= 0.6 is 0 Å². The molecule has 1 saturated carbocycles. The van der Waals surface area contributed by atoms with Crippen LogP contribution in [0, 0.1) is 22.0 Å². The molecule has 2 unspecified atom stereocenters. The van der Waals surface area contributed by atoms with E-state index in [9.17, 15) is 24.8 Å². The van der Waals surface area contributed by atoms with Crippen LogP contribution < -0.4 is 0 Å². The minimum Gasteiger partial charge on any atom is -0.445 e. The summed E-state index contributed by atoms with van der Waals surface area (Å²) in [6.45, 7) is 7.24. The molecule has 10 heteroatoms. The molecular weight excluding hydrogens is 548 g/mol. The Morgan fingerprint density at radius 2 is 1.74 bits per heavy atom. The van der Waals surface area contributed by atoms with Crippen molar-refractivity contribution in [2.45, 2.75) is 56.8 Å². The molecule has 5 rings (SSSR count). The molecule has 3 aliphatic rings. The Kier molecular flexibility index (Phi) is 9.77. The van der Waals surface area contributed by atoms with E-state index in [0.29, 0.717) is 31.7 Å². The fourth-order valence-corrected chi connectivity index (χ4v) is 6.94. The van der Waals surface area contributed by atoms with Crippen LogP contribution in [0.3, 0.4) is 0 Å². The largest absolute Gasteiger partial charge is 0.445 e. The number of amides is 2. The van der Waals surface area contributed by atoms with E-state index in [1.807, 2.05) is 35.2 Å². The third kappa shape index (κ3) is 7.08. The number of nitro benzene ring substituents is 1. The zero-order valence-corrected chi connectivity index (χ0v) is 24.7. The van der Waals surface area contributed by atoms with Crippen molar-refractivity contribution in [3.8, 4) is 0 Å². The predicted molar refractivity (Wildman–Crippen MR) is 162 cm³/mol. The number of β-amino-alcohol motifs (C(OH)–C–C–N with tert-alkyl or cyclic N) is 1. The third-order valence-corrected chi connectivity index (χ3v) is 9.38. The monoisotopic (exact) mass is 590 g/mol. The number of likely N-dealkylation sites (tertiary alicyclic amines) is 2. The summed E-state index contributed by atoms with van der Waals surface area (Å²) < 4.78 is 5.57. The van der Waals surface area contributed by atoms with Crippen LogP contribution in [0.15, 0.2) is 67.3 Å². The third-order valence-electron chi connectivity index (χ3n) is 9.38. The number of benzene rings is 2. The quantitative estimate of drug-likeness (QED) is 0.242. The van der Waals surface area contributed by atoms with Gasteiger partial charge >= 0.3 is 6.09 Å². The van der Waals surface area contributed by atoms with Crippen LogP contribution in [-0.4, -0.2) is 82.0 Å². The summed E-state index contributed by atoms with van der Waals surface area (Å²) in [6.07, 6.45) is 6.82. The molecule has 2 aliphatic heterocycles. The number of non-ortho nitro benzene ring substituents is 1. The average molecular weight is 591 g/mol. The van der Waals surface area contributed by atoms with Gasteiger partial charge < -0.3 is 24.5 Å². The summed E-state index contributed by atoms with van der Waals surface area (Å²) in [4.78, 5) is 42.8. The molecule has 0 aromatic heterocycles. The second-order valence-corrected chi connectivity index (χ2v) is 12.1. The van der Waals surface area contributed by atoms with Crippen LogP contribution in [0.2, 0.25) is 0 Å². The van der Waals surface area contributed by atoms with E-state index in [-0.39, 0.29) is 36.1 Å². The highest BCUT2D eigenvalue weighted by atomic mass is 16.6. The first-order chi connectivity index (χ1) is 20.8. The summed E-state index contributed by atoms with van der Waals surface area (Å²) in [5, 5.41) is 23.0. The zero-order chi connectivity index (χ0) is 30.4. The summed E-state index contributed by atoms with van der Waals surface area (Å²) in [5.74, 6) is 0.138. The molecule has 2 heterocycles. The van der Waals surface area contributed by atoms with Gasteiger partial charge in [-0.15, -0.1) is 6.58 Å². The van der Waals surface area contributed by atoms with Crippen molar-refractivity contribution in [1.29, 1.82) is 0 Å². The minimum absolute atomic E-state index is 0.0111. The molecule has 0 bridgehead atoms. The highest BCUT2D eigenvalue weighted by Gasteiger charge is 2.49. The van der Waals surface area contributed by atoms with E-state index in [0.717, 1.165) is 57.2 Å². The van der Waals surface area contributed by atoms with Crippen LogP contribution in [0.5, 0.6) is 0 Å². The lowest BCUT2D eigenvalue weighted by molar-refractivity contribution is -0.384. The average Bonchev–Trinajstić information content (AvgIpc) is 3.69. The Morgan fingerprint density at radius 3 is 2.37 bits per heavy atom. The number of piperidine rings is 1. The van der Waals surface area contributed by atoms with Gasteiger partial charge in [-0.1, -0.05) is 49.2 Å². The molecule has 2 aromatic carbocycles. The molecule has 10 nitrogen and oxygen atoms in total. The molecule has 2 atom stereocenters. The topological polar surface area (TPSA) is 116 Å². The lowest BCUT2D eigenvalue weighted by atomic mass is 9.83. The molecule has 1 N–H and O–H groups in total. The number of hydrogen-bond acceptors (Lipinski definition) is 7. The minimum atomic E-state index is -1.11. The molecule has 1 aliphatic carbocycles. The second-order valence-electron chi connectivity index (χ2n) is 12.1. The molecule has 2 amide bonds. The molecular formula is C33H42N4O6. The lowest BCUT2D eigenvalue weighted by Crippen LogP contribution is -2.50. The number of nitro groups is 1. The van der Waals surface area contributed by atoms with Crippen LogP contribution in [0.1, 0.15) is 49.7 Å². The first-order valence-electron chi connectivity index (χ1n) is 15.3. The lowest BCUT2D eigenvalue weighted by Gasteiger charge is -2.40. The number of rotatable bonds is 10. The van der Waals surface area contributed by atoms with E-state index in [4.69, 9.17) is 4.74 Å². The van der Waals surface area contributed by atoms with Crippen LogP contribution in [0.4, 0.5) is 10.5 Å². The number of hydrogen-bond donors (Lipinski definition) is 1. The Hall–Kier alpha value is -3.76. The first-order valence-corrected chi connectivity index (χ1v) is 15.3. The molecule has 230 valence electrons. The maximum absolute atomic E-state index is 13.4. The highest BCUT2D eigenvalue weighted by molar-refractivity contribution is 5.79. The van der Waals surface area contributed by atoms with Crippen molar-refractivity contribution in [3.63, 3.8) is 0 Å². The van der Waals surface area contributed by atoms with E-state index in [1.165, 1.54) is 12.1 Å². The fraction of sp³-hybridized carbons (Fsp3) is 0.515. The normalized spacial score (nSPS) is 23.3. The van der Waals surface area contributed by atoms with Crippen LogP contribution in [0.25, 0.3) is 0 Å². The second kappa shape index (κ2) is 13.7. The highest BCUT2D eigenvalue weighted by Crippen LogP contribution is 2.40. The van der Waals surface area contributed by atoms with E-state index in [2.05, 4.69) is 11.5 Å². The Morgan fingerprint density at radius 1 is 1.07 bits per heavy atom. The number of ether oxygens (including phenoxy) is 1. The smallest absolute Gasteiger partial charge is 0.410 e. The Bertz CT molecular complexity index is 1270. The van der Waals surface area contributed by atoms with E-state index in [1.54, 1.807) is 23.1 Å². The van der Waals surface area contributed by atoms with Gasteiger partial charge in [-0.2, -0.15) is 0 Å². The van der Waals surface area contributed by atoms with Gasteiger partial charge in [0.1, 0.15) is 12.2 Å². The summed E-state index contributed by atoms with van der Waals surface area (Å²) >= 11 is 0. The number of aliphatic hydroxyl groups is 1. The first kappa shape index (κ1) is 30.7. The van der Waals surface area contributed by atoms with Gasteiger partial charge in [0.25, 0.3) is 5.69 Å². The number of carbonyl (C=O) groups excluding carboxylic acids is 2.